The second-order valence-corrected chi connectivity index (χ2v) is 5.23. The van der Waals surface area contributed by atoms with E-state index < -0.39 is 0 Å². The number of hydrogen-bond donors (Lipinski definition) is 1. The maximum Gasteiger partial charge on any atom is 0.0599 e. The Labute approximate surface area is 100 Å². The van der Waals surface area contributed by atoms with Gasteiger partial charge in [0, 0.05) is 25.7 Å². The van der Waals surface area contributed by atoms with Crippen molar-refractivity contribution in [3.05, 3.63) is 0 Å². The molecule has 1 rings (SSSR count). The lowest BCUT2D eigenvalue weighted by Gasteiger charge is -2.37. The van der Waals surface area contributed by atoms with Crippen LogP contribution < -0.4 is 5.73 Å². The summed E-state index contributed by atoms with van der Waals surface area (Å²) in [5.41, 5.74) is 5.45. The van der Waals surface area contributed by atoms with Crippen molar-refractivity contribution in [1.29, 1.82) is 0 Å². The highest BCUT2D eigenvalue weighted by molar-refractivity contribution is 4.78. The van der Waals surface area contributed by atoms with Crippen molar-refractivity contribution in [3.8, 4) is 0 Å². The molecule has 0 spiro atoms. The van der Waals surface area contributed by atoms with Crippen LogP contribution in [0.25, 0.3) is 0 Å². The van der Waals surface area contributed by atoms with E-state index in [0.717, 1.165) is 25.5 Å². The quantitative estimate of drug-likeness (QED) is 0.705. The Morgan fingerprint density at radius 3 is 2.38 bits per heavy atom. The van der Waals surface area contributed by atoms with Gasteiger partial charge in [0.25, 0.3) is 0 Å². The molecular formula is C13H28N2O. The second kappa shape index (κ2) is 7.25. The van der Waals surface area contributed by atoms with Crippen LogP contribution in [0.1, 0.15) is 40.0 Å². The maximum absolute atomic E-state index is 5.81. The predicted molar refractivity (Wildman–Crippen MR) is 68.5 cm³/mol. The minimum Gasteiger partial charge on any atom is -0.378 e. The van der Waals surface area contributed by atoms with Crippen molar-refractivity contribution >= 4 is 0 Å². The molecule has 1 aliphatic heterocycles. The fourth-order valence-corrected chi connectivity index (χ4v) is 2.20. The molecule has 0 aromatic heterocycles. The van der Waals surface area contributed by atoms with Gasteiger partial charge in [0.1, 0.15) is 0 Å². The molecule has 1 fully saturated rings. The van der Waals surface area contributed by atoms with Crippen molar-refractivity contribution in [2.24, 2.45) is 11.7 Å². The Balaban J connectivity index is 2.18. The summed E-state index contributed by atoms with van der Waals surface area (Å²) >= 11 is 0. The maximum atomic E-state index is 5.81. The van der Waals surface area contributed by atoms with Crippen LogP contribution in [-0.2, 0) is 4.74 Å². The third-order valence-electron chi connectivity index (χ3n) is 3.72. The fourth-order valence-electron chi connectivity index (χ4n) is 2.20. The van der Waals surface area contributed by atoms with E-state index in [9.17, 15) is 0 Å². The topological polar surface area (TPSA) is 38.5 Å². The summed E-state index contributed by atoms with van der Waals surface area (Å²) in [6, 6.07) is 0.699. The summed E-state index contributed by atoms with van der Waals surface area (Å²) in [5.74, 6) is 0.745. The smallest absolute Gasteiger partial charge is 0.0599 e. The first-order chi connectivity index (χ1) is 7.65. The minimum atomic E-state index is 0.474. The van der Waals surface area contributed by atoms with Crippen LogP contribution in [0.15, 0.2) is 0 Å². The average molecular weight is 228 g/mol. The Hall–Kier alpha value is -0.120. The van der Waals surface area contributed by atoms with E-state index in [2.05, 4.69) is 25.7 Å². The molecule has 0 bridgehead atoms. The number of nitrogens with two attached hydrogens (primary N) is 1. The highest BCUT2D eigenvalue weighted by atomic mass is 16.5. The van der Waals surface area contributed by atoms with Crippen molar-refractivity contribution in [2.45, 2.75) is 52.2 Å². The average Bonchev–Trinajstić information content (AvgIpc) is 2.29. The summed E-state index contributed by atoms with van der Waals surface area (Å²) in [7, 11) is 0. The van der Waals surface area contributed by atoms with Gasteiger partial charge >= 0.3 is 0 Å². The van der Waals surface area contributed by atoms with E-state index in [-0.39, 0.29) is 0 Å². The zero-order valence-corrected chi connectivity index (χ0v) is 11.1. The molecule has 1 saturated heterocycles. The zero-order valence-electron chi connectivity index (χ0n) is 11.1. The molecule has 1 heterocycles. The predicted octanol–water partition coefficient (Wildman–Crippen LogP) is 1.86. The van der Waals surface area contributed by atoms with Crippen LogP contribution >= 0.6 is 0 Å². The van der Waals surface area contributed by atoms with Gasteiger partial charge in [-0.05, 0) is 38.6 Å². The SMILES string of the molecule is CC(C)C(C)N1CCC(OCCCN)CC1. The minimum absolute atomic E-state index is 0.474. The molecular weight excluding hydrogens is 200 g/mol. The van der Waals surface area contributed by atoms with Gasteiger partial charge in [-0.15, -0.1) is 0 Å². The summed E-state index contributed by atoms with van der Waals surface area (Å²) in [6.45, 7) is 10.9. The molecule has 0 aliphatic carbocycles. The van der Waals surface area contributed by atoms with Gasteiger partial charge in [-0.2, -0.15) is 0 Å². The van der Waals surface area contributed by atoms with Crippen molar-refractivity contribution in [3.63, 3.8) is 0 Å². The van der Waals surface area contributed by atoms with E-state index in [1.807, 2.05) is 0 Å². The summed E-state index contributed by atoms with van der Waals surface area (Å²) in [5, 5.41) is 0. The number of rotatable bonds is 6. The first kappa shape index (κ1) is 13.9. The first-order valence-electron chi connectivity index (χ1n) is 6.71. The molecule has 3 heteroatoms. The van der Waals surface area contributed by atoms with Crippen molar-refractivity contribution in [2.75, 3.05) is 26.2 Å². The molecule has 0 amide bonds. The lowest BCUT2D eigenvalue weighted by atomic mass is 10.00. The molecule has 2 N–H and O–H groups in total. The molecule has 0 saturated carbocycles. The van der Waals surface area contributed by atoms with Gasteiger partial charge < -0.3 is 15.4 Å². The first-order valence-corrected chi connectivity index (χ1v) is 6.71. The number of hydrogen-bond acceptors (Lipinski definition) is 3. The van der Waals surface area contributed by atoms with Gasteiger partial charge in [-0.3, -0.25) is 0 Å². The van der Waals surface area contributed by atoms with Crippen LogP contribution in [0.4, 0.5) is 0 Å². The van der Waals surface area contributed by atoms with Gasteiger partial charge in [0.05, 0.1) is 6.10 Å². The van der Waals surface area contributed by atoms with E-state index in [0.29, 0.717) is 12.1 Å². The monoisotopic (exact) mass is 228 g/mol. The Morgan fingerprint density at radius 1 is 1.25 bits per heavy atom. The third-order valence-corrected chi connectivity index (χ3v) is 3.72. The van der Waals surface area contributed by atoms with Gasteiger partial charge in [0.2, 0.25) is 0 Å². The van der Waals surface area contributed by atoms with E-state index in [1.165, 1.54) is 25.9 Å². The van der Waals surface area contributed by atoms with Gasteiger partial charge in [-0.1, -0.05) is 13.8 Å². The van der Waals surface area contributed by atoms with Crippen molar-refractivity contribution < 1.29 is 4.74 Å². The largest absolute Gasteiger partial charge is 0.378 e. The lowest BCUT2D eigenvalue weighted by molar-refractivity contribution is -0.00497. The van der Waals surface area contributed by atoms with Crippen LogP contribution in [0.2, 0.25) is 0 Å². The molecule has 1 atom stereocenters. The zero-order chi connectivity index (χ0) is 12.0. The molecule has 1 unspecified atom stereocenters. The summed E-state index contributed by atoms with van der Waals surface area (Å²) < 4.78 is 5.81. The Morgan fingerprint density at radius 2 is 1.88 bits per heavy atom. The highest BCUT2D eigenvalue weighted by Crippen LogP contribution is 2.19. The van der Waals surface area contributed by atoms with Crippen LogP contribution in [-0.4, -0.2) is 43.3 Å². The molecule has 0 aromatic rings. The fraction of sp³-hybridized carbons (Fsp3) is 1.00. The molecule has 0 aromatic carbocycles. The van der Waals surface area contributed by atoms with E-state index in [4.69, 9.17) is 10.5 Å². The van der Waals surface area contributed by atoms with Crippen LogP contribution in [0.5, 0.6) is 0 Å². The van der Waals surface area contributed by atoms with Crippen LogP contribution in [0.3, 0.4) is 0 Å². The summed E-state index contributed by atoms with van der Waals surface area (Å²) in [4.78, 5) is 2.59. The lowest BCUT2D eigenvalue weighted by Crippen LogP contribution is -2.44. The molecule has 0 radical (unpaired) electrons. The Bertz CT molecular complexity index is 177. The molecule has 3 nitrogen and oxygen atoms in total. The Kier molecular flexibility index (Phi) is 6.32. The summed E-state index contributed by atoms with van der Waals surface area (Å²) in [6.07, 6.45) is 3.83. The normalized spacial score (nSPS) is 21.6. The number of likely N-dealkylation sites (tertiary alicyclic amines) is 1. The third kappa shape index (κ3) is 4.40. The number of ether oxygens (including phenoxy) is 1. The highest BCUT2D eigenvalue weighted by Gasteiger charge is 2.24. The molecule has 16 heavy (non-hydrogen) atoms. The standard InChI is InChI=1S/C13H28N2O/c1-11(2)12(3)15-8-5-13(6-9-15)16-10-4-7-14/h11-13H,4-10,14H2,1-3H3. The van der Waals surface area contributed by atoms with E-state index in [1.54, 1.807) is 0 Å². The number of piperidine rings is 1. The number of nitrogens with zero attached hydrogens (tertiary/aromatic N) is 1. The molecule has 1 aliphatic rings. The van der Waals surface area contributed by atoms with Crippen LogP contribution in [0, 0.1) is 5.92 Å². The van der Waals surface area contributed by atoms with Crippen molar-refractivity contribution in [1.82, 2.24) is 4.90 Å². The second-order valence-electron chi connectivity index (χ2n) is 5.23. The van der Waals surface area contributed by atoms with Gasteiger partial charge in [-0.25, -0.2) is 0 Å². The molecule has 96 valence electrons. The van der Waals surface area contributed by atoms with Gasteiger partial charge in [0.15, 0.2) is 0 Å². The van der Waals surface area contributed by atoms with E-state index >= 15 is 0 Å².